The fourth-order valence-electron chi connectivity index (χ4n) is 2.34. The van der Waals surface area contributed by atoms with Gasteiger partial charge in [-0.25, -0.2) is 4.79 Å². The van der Waals surface area contributed by atoms with Crippen molar-refractivity contribution >= 4 is 28.2 Å². The summed E-state index contributed by atoms with van der Waals surface area (Å²) in [5, 5.41) is 16.2. The van der Waals surface area contributed by atoms with Crippen molar-refractivity contribution < 1.29 is 42.3 Å². The maximum Gasteiger partial charge on any atom is 0.334 e. The van der Waals surface area contributed by atoms with Gasteiger partial charge in [0.15, 0.2) is 12.1 Å². The predicted molar refractivity (Wildman–Crippen MR) is 95.7 cm³/mol. The summed E-state index contributed by atoms with van der Waals surface area (Å²) in [5.74, 6) is -4.05. The Hall–Kier alpha value is -1.62. The van der Waals surface area contributed by atoms with Gasteiger partial charge in [-0.3, -0.25) is 14.1 Å². The number of aliphatic hydroxyl groups is 2. The molecule has 0 bridgehead atoms. The molecule has 155 valence electrons. The van der Waals surface area contributed by atoms with Gasteiger partial charge in [0.1, 0.15) is 5.25 Å². The molecule has 0 aromatic heterocycles. The maximum atomic E-state index is 11.7. The highest BCUT2D eigenvalue weighted by Crippen LogP contribution is 2.15. The molecule has 0 amide bonds. The van der Waals surface area contributed by atoms with Crippen LogP contribution < -0.4 is 0 Å². The molecule has 1 radical (unpaired) electrons. The highest BCUT2D eigenvalue weighted by atomic mass is 32.2. The Morgan fingerprint density at radius 2 is 1.74 bits per heavy atom. The minimum absolute atomic E-state index is 0.00333. The molecule has 0 spiro atoms. The first-order valence-electron chi connectivity index (χ1n) is 8.65. The maximum absolute atomic E-state index is 11.7. The van der Waals surface area contributed by atoms with Gasteiger partial charge in [0.25, 0.3) is 10.1 Å². The lowest BCUT2D eigenvalue weighted by Gasteiger charge is -2.14. The third kappa shape index (κ3) is 14.1. The zero-order valence-corrected chi connectivity index (χ0v) is 16.1. The van der Waals surface area contributed by atoms with Crippen molar-refractivity contribution in [3.8, 4) is 0 Å². The van der Waals surface area contributed by atoms with E-state index in [9.17, 15) is 22.8 Å². The first kappa shape index (κ1) is 25.4. The van der Waals surface area contributed by atoms with Gasteiger partial charge in [0.05, 0.1) is 0 Å². The lowest BCUT2D eigenvalue weighted by atomic mass is 10.0. The second kappa shape index (κ2) is 12.7. The van der Waals surface area contributed by atoms with Crippen molar-refractivity contribution in [3.05, 3.63) is 12.2 Å². The minimum atomic E-state index is -4.49. The summed E-state index contributed by atoms with van der Waals surface area (Å²) in [5.41, 5.74) is 0. The van der Waals surface area contributed by atoms with Gasteiger partial charge in [0.2, 0.25) is 0 Å². The van der Waals surface area contributed by atoms with E-state index < -0.39 is 33.1 Å². The van der Waals surface area contributed by atoms with Crippen LogP contribution in [0, 0.1) is 0 Å². The number of esters is 1. The second-order valence-electron chi connectivity index (χ2n) is 6.22. The summed E-state index contributed by atoms with van der Waals surface area (Å²) in [6.45, 7) is 0.916. The Labute approximate surface area is 159 Å². The molecule has 3 N–H and O–H groups in total. The topological polar surface area (TPSA) is 155 Å². The van der Waals surface area contributed by atoms with E-state index in [1.807, 2.05) is 0 Å². The highest BCUT2D eigenvalue weighted by Gasteiger charge is 2.29. The number of carbonyl (C=O) groups is 2. The van der Waals surface area contributed by atoms with Gasteiger partial charge in [0, 0.05) is 25.8 Å². The van der Waals surface area contributed by atoms with Gasteiger partial charge >= 0.3 is 11.9 Å². The molecule has 0 aliphatic carbocycles. The number of unbranched alkanes of at least 4 members (excludes halogenated alkanes) is 5. The van der Waals surface area contributed by atoms with Crippen molar-refractivity contribution in [1.29, 1.82) is 0 Å². The molecule has 0 fully saturated rings. The number of ether oxygens (including phenoxy) is 1. The molecular formula is C17H27O9S. The van der Waals surface area contributed by atoms with Crippen LogP contribution in [-0.4, -0.2) is 52.4 Å². The molecule has 1 unspecified atom stereocenters. The average Bonchev–Trinajstić information content (AvgIpc) is 2.51. The van der Waals surface area contributed by atoms with Crippen LogP contribution in [0.5, 0.6) is 0 Å². The number of ketones is 1. The fraction of sp³-hybridized carbons (Fsp3) is 0.706. The van der Waals surface area contributed by atoms with Gasteiger partial charge in [-0.15, -0.1) is 0 Å². The van der Waals surface area contributed by atoms with Crippen molar-refractivity contribution in [2.24, 2.45) is 0 Å². The fourth-order valence-corrected chi connectivity index (χ4v) is 3.25. The number of rotatable bonds is 15. The Morgan fingerprint density at radius 3 is 2.30 bits per heavy atom. The predicted octanol–water partition coefficient (Wildman–Crippen LogP) is 1.19. The van der Waals surface area contributed by atoms with Crippen LogP contribution in [0.2, 0.25) is 0 Å². The van der Waals surface area contributed by atoms with Crippen molar-refractivity contribution in [2.75, 3.05) is 0 Å². The Morgan fingerprint density at radius 1 is 1.15 bits per heavy atom. The number of Topliss-reactive ketones (excluding diaryl/α,β-unsaturated/α-hetero) is 1. The van der Waals surface area contributed by atoms with Crippen molar-refractivity contribution in [2.45, 2.75) is 75.9 Å². The van der Waals surface area contributed by atoms with E-state index in [4.69, 9.17) is 14.8 Å². The summed E-state index contributed by atoms with van der Waals surface area (Å²) in [4.78, 5) is 33.0. The molecule has 0 saturated heterocycles. The Bertz CT molecular complexity index is 602. The van der Waals surface area contributed by atoms with Crippen molar-refractivity contribution in [1.82, 2.24) is 0 Å². The van der Waals surface area contributed by atoms with E-state index in [1.54, 1.807) is 6.08 Å². The quantitative estimate of drug-likeness (QED) is 0.119. The van der Waals surface area contributed by atoms with Crippen LogP contribution >= 0.6 is 0 Å². The summed E-state index contributed by atoms with van der Waals surface area (Å²) in [6, 6.07) is 0. The van der Waals surface area contributed by atoms with E-state index in [0.717, 1.165) is 32.3 Å². The summed E-state index contributed by atoms with van der Waals surface area (Å²) in [6.07, 6.45) is 7.75. The van der Waals surface area contributed by atoms with Gasteiger partial charge < -0.3 is 14.9 Å². The van der Waals surface area contributed by atoms with Crippen LogP contribution in [0.25, 0.3) is 0 Å². The molecule has 0 aromatic carbocycles. The standard InChI is InChI=1S/C17H27O9S/c1-17(21,22)26-16(20)12-8-6-4-2-3-5-7-11-15(27(23,24)25)14(19)10-9-13-18/h8,12,15,21-22H,2-7,9-11H2,1H3,(H,23,24,25). The molecule has 0 saturated carbocycles. The van der Waals surface area contributed by atoms with Crippen LogP contribution in [0.3, 0.4) is 0 Å². The summed E-state index contributed by atoms with van der Waals surface area (Å²) < 4.78 is 35.9. The van der Waals surface area contributed by atoms with E-state index >= 15 is 0 Å². The monoisotopic (exact) mass is 407 g/mol. The Kier molecular flexibility index (Phi) is 11.9. The molecule has 0 aromatic rings. The van der Waals surface area contributed by atoms with Gasteiger partial charge in [-0.1, -0.05) is 31.8 Å². The van der Waals surface area contributed by atoms with Crippen LogP contribution in [0.15, 0.2) is 12.2 Å². The van der Waals surface area contributed by atoms with Crippen LogP contribution in [0.1, 0.15) is 64.7 Å². The van der Waals surface area contributed by atoms with E-state index in [2.05, 4.69) is 4.74 Å². The van der Waals surface area contributed by atoms with Crippen molar-refractivity contribution in [3.63, 3.8) is 0 Å². The number of hydrogen-bond acceptors (Lipinski definition) is 8. The molecule has 9 nitrogen and oxygen atoms in total. The molecule has 27 heavy (non-hydrogen) atoms. The largest absolute Gasteiger partial charge is 0.405 e. The Balaban J connectivity index is 3.98. The van der Waals surface area contributed by atoms with Gasteiger partial charge in [-0.2, -0.15) is 8.42 Å². The molecule has 0 aliphatic rings. The van der Waals surface area contributed by atoms with Crippen LogP contribution in [-0.2, 0) is 29.2 Å². The lowest BCUT2D eigenvalue weighted by Crippen LogP contribution is -2.30. The molecule has 0 heterocycles. The van der Waals surface area contributed by atoms with E-state index in [0.29, 0.717) is 19.3 Å². The first-order chi connectivity index (χ1) is 12.5. The zero-order valence-electron chi connectivity index (χ0n) is 15.3. The second-order valence-corrected chi connectivity index (χ2v) is 7.82. The summed E-state index contributed by atoms with van der Waals surface area (Å²) in [7, 11) is -4.49. The number of hydrogen-bond donors (Lipinski definition) is 3. The van der Waals surface area contributed by atoms with Gasteiger partial charge in [-0.05, 0) is 19.3 Å². The molecule has 10 heteroatoms. The minimum Gasteiger partial charge on any atom is -0.405 e. The molecular weight excluding hydrogens is 380 g/mol. The third-order valence-electron chi connectivity index (χ3n) is 3.58. The van der Waals surface area contributed by atoms with E-state index in [1.165, 1.54) is 6.29 Å². The zero-order chi connectivity index (χ0) is 20.9. The molecule has 1 atom stereocenters. The van der Waals surface area contributed by atoms with E-state index in [-0.39, 0.29) is 19.3 Å². The normalized spacial score (nSPS) is 13.5. The number of allylic oxidation sites excluding steroid dienone is 1. The first-order valence-corrected chi connectivity index (χ1v) is 10.2. The smallest absolute Gasteiger partial charge is 0.334 e. The summed E-state index contributed by atoms with van der Waals surface area (Å²) >= 11 is 0. The average molecular weight is 407 g/mol. The third-order valence-corrected chi connectivity index (χ3v) is 4.79. The van der Waals surface area contributed by atoms with Crippen LogP contribution in [0.4, 0.5) is 0 Å². The lowest BCUT2D eigenvalue weighted by molar-refractivity contribution is -0.304. The highest BCUT2D eigenvalue weighted by molar-refractivity contribution is 7.87. The number of carbonyl (C=O) groups excluding carboxylic acids is 3. The SMILES string of the molecule is CC(O)(O)OC(=O)C=CCCCCCCCC(C(=O)CC[C]=O)S(=O)(=O)O. The molecule has 0 aliphatic heterocycles. The molecule has 0 rings (SSSR count).